The highest BCUT2D eigenvalue weighted by Crippen LogP contribution is 2.28. The van der Waals surface area contributed by atoms with Gasteiger partial charge in [-0.1, -0.05) is 0 Å². The maximum Gasteiger partial charge on any atom is 0.315 e. The predicted molar refractivity (Wildman–Crippen MR) is 148 cm³/mol. The number of piperidine rings is 1. The number of methoxy groups -OCH3 is 1. The van der Waals surface area contributed by atoms with Crippen LogP contribution in [-0.4, -0.2) is 83.2 Å². The highest BCUT2D eigenvalue weighted by atomic mass is 16.5. The number of urea groups is 1. The SMILES string of the molecule is COCCNC(=O)NC1CCN(c2cc(N3CCCC3)nc(Nc3cc4c(cn3)cnn4C(C)C)n2)CC1. The molecule has 204 valence electrons. The predicted octanol–water partition coefficient (Wildman–Crippen LogP) is 3.06. The Morgan fingerprint density at radius 3 is 2.45 bits per heavy atom. The fourth-order valence-electron chi connectivity index (χ4n) is 5.04. The molecule has 0 radical (unpaired) electrons. The number of hydrogen-bond acceptors (Lipinski definition) is 9. The lowest BCUT2D eigenvalue weighted by Crippen LogP contribution is -2.48. The van der Waals surface area contributed by atoms with Gasteiger partial charge in [0.25, 0.3) is 0 Å². The Labute approximate surface area is 223 Å². The smallest absolute Gasteiger partial charge is 0.315 e. The van der Waals surface area contributed by atoms with E-state index >= 15 is 0 Å². The quantitative estimate of drug-likeness (QED) is 0.364. The molecule has 12 heteroatoms. The number of nitrogens with zero attached hydrogens (tertiary/aromatic N) is 7. The fraction of sp³-hybridized carbons (Fsp3) is 0.577. The third-order valence-corrected chi connectivity index (χ3v) is 7.08. The van der Waals surface area contributed by atoms with Crippen LogP contribution in [0.2, 0.25) is 0 Å². The van der Waals surface area contributed by atoms with Crippen molar-refractivity contribution < 1.29 is 9.53 Å². The minimum atomic E-state index is -0.145. The van der Waals surface area contributed by atoms with E-state index in [0.29, 0.717) is 24.9 Å². The van der Waals surface area contributed by atoms with Gasteiger partial charge in [0.05, 0.1) is 18.3 Å². The van der Waals surface area contributed by atoms with Gasteiger partial charge in [-0.05, 0) is 39.5 Å². The maximum atomic E-state index is 12.1. The Kier molecular flexibility index (Phi) is 8.06. The molecule has 2 amide bonds. The van der Waals surface area contributed by atoms with E-state index in [4.69, 9.17) is 14.7 Å². The topological polar surface area (TPSA) is 125 Å². The van der Waals surface area contributed by atoms with Crippen molar-refractivity contribution in [1.82, 2.24) is 35.4 Å². The summed E-state index contributed by atoms with van der Waals surface area (Å²) in [5.41, 5.74) is 1.02. The second-order valence-electron chi connectivity index (χ2n) is 10.2. The standard InChI is InChI=1S/C26H38N10O2/c1-18(2)36-21-14-22(28-16-19(21)17-29-36)31-25-32-23(34-9-4-5-10-34)15-24(33-25)35-11-6-20(7-12-35)30-26(37)27-8-13-38-3/h14-18,20H,4-13H2,1-3H3,(H2,27,30,37)(H,28,31,32,33). The van der Waals surface area contributed by atoms with Crippen LogP contribution in [-0.2, 0) is 4.74 Å². The van der Waals surface area contributed by atoms with Gasteiger partial charge in [0, 0.05) is 75.6 Å². The van der Waals surface area contributed by atoms with Crippen molar-refractivity contribution in [2.45, 2.75) is 51.6 Å². The number of anilines is 4. The van der Waals surface area contributed by atoms with Gasteiger partial charge in [0.1, 0.15) is 17.5 Å². The summed E-state index contributed by atoms with van der Waals surface area (Å²) in [5, 5.41) is 14.7. The first-order valence-corrected chi connectivity index (χ1v) is 13.5. The molecule has 0 saturated carbocycles. The van der Waals surface area contributed by atoms with Crippen molar-refractivity contribution in [3.8, 4) is 0 Å². The Balaban J connectivity index is 1.31. The minimum absolute atomic E-state index is 0.132. The third kappa shape index (κ3) is 6.07. The lowest BCUT2D eigenvalue weighted by molar-refractivity contribution is 0.194. The maximum absolute atomic E-state index is 12.1. The van der Waals surface area contributed by atoms with E-state index in [9.17, 15) is 4.79 Å². The van der Waals surface area contributed by atoms with Crippen LogP contribution >= 0.6 is 0 Å². The van der Waals surface area contributed by atoms with Gasteiger partial charge in [0.2, 0.25) is 5.95 Å². The number of aromatic nitrogens is 5. The van der Waals surface area contributed by atoms with Crippen molar-refractivity contribution in [3.05, 3.63) is 24.5 Å². The largest absolute Gasteiger partial charge is 0.383 e. The van der Waals surface area contributed by atoms with E-state index < -0.39 is 0 Å². The van der Waals surface area contributed by atoms with E-state index in [1.54, 1.807) is 7.11 Å². The molecule has 0 atom stereocenters. The van der Waals surface area contributed by atoms with Crippen LogP contribution in [0.3, 0.4) is 0 Å². The van der Waals surface area contributed by atoms with Crippen molar-refractivity contribution in [2.75, 3.05) is 61.6 Å². The average molecular weight is 523 g/mol. The summed E-state index contributed by atoms with van der Waals surface area (Å²) in [6, 6.07) is 4.33. The molecule has 5 heterocycles. The summed E-state index contributed by atoms with van der Waals surface area (Å²) >= 11 is 0. The third-order valence-electron chi connectivity index (χ3n) is 7.08. The zero-order chi connectivity index (χ0) is 26.5. The van der Waals surface area contributed by atoms with Gasteiger partial charge >= 0.3 is 6.03 Å². The molecule has 38 heavy (non-hydrogen) atoms. The summed E-state index contributed by atoms with van der Waals surface area (Å²) in [4.78, 5) is 31.1. The first-order valence-electron chi connectivity index (χ1n) is 13.5. The first kappa shape index (κ1) is 26.0. The second-order valence-corrected chi connectivity index (χ2v) is 10.2. The Bertz CT molecular complexity index is 1230. The zero-order valence-corrected chi connectivity index (χ0v) is 22.5. The molecule has 0 bridgehead atoms. The van der Waals surface area contributed by atoms with E-state index in [-0.39, 0.29) is 18.1 Å². The summed E-state index contributed by atoms with van der Waals surface area (Å²) in [6.07, 6.45) is 7.71. The Morgan fingerprint density at radius 1 is 1.05 bits per heavy atom. The lowest BCUT2D eigenvalue weighted by atomic mass is 10.1. The van der Waals surface area contributed by atoms with Crippen molar-refractivity contribution in [3.63, 3.8) is 0 Å². The molecule has 2 aliphatic rings. The molecular weight excluding hydrogens is 484 g/mol. The number of ether oxygens (including phenoxy) is 1. The van der Waals surface area contributed by atoms with Gasteiger partial charge < -0.3 is 30.5 Å². The Hall–Kier alpha value is -3.67. The molecule has 3 aromatic heterocycles. The summed E-state index contributed by atoms with van der Waals surface area (Å²) < 4.78 is 6.98. The van der Waals surface area contributed by atoms with Crippen LogP contribution in [0.5, 0.6) is 0 Å². The molecule has 2 aliphatic heterocycles. The van der Waals surface area contributed by atoms with Crippen molar-refractivity contribution >= 4 is 40.3 Å². The van der Waals surface area contributed by atoms with Gasteiger partial charge in [-0.15, -0.1) is 0 Å². The van der Waals surface area contributed by atoms with Crippen LogP contribution in [0, 0.1) is 0 Å². The number of nitrogens with one attached hydrogen (secondary N) is 3. The lowest BCUT2D eigenvalue weighted by Gasteiger charge is -2.33. The fourth-order valence-corrected chi connectivity index (χ4v) is 5.04. The monoisotopic (exact) mass is 522 g/mol. The number of carbonyl (C=O) groups is 1. The van der Waals surface area contributed by atoms with E-state index in [2.05, 4.69) is 55.7 Å². The zero-order valence-electron chi connectivity index (χ0n) is 22.5. The normalized spacial score (nSPS) is 16.4. The van der Waals surface area contributed by atoms with E-state index in [0.717, 1.165) is 61.6 Å². The van der Waals surface area contributed by atoms with Gasteiger partial charge in [0.15, 0.2) is 0 Å². The summed E-state index contributed by atoms with van der Waals surface area (Å²) in [5.74, 6) is 3.04. The summed E-state index contributed by atoms with van der Waals surface area (Å²) in [7, 11) is 1.62. The molecule has 5 rings (SSSR count). The van der Waals surface area contributed by atoms with E-state index in [1.165, 1.54) is 12.8 Å². The highest BCUT2D eigenvalue weighted by molar-refractivity contribution is 5.81. The molecule has 3 N–H and O–H groups in total. The number of amides is 2. The van der Waals surface area contributed by atoms with Crippen molar-refractivity contribution in [1.29, 1.82) is 0 Å². The Morgan fingerprint density at radius 2 is 1.76 bits per heavy atom. The van der Waals surface area contributed by atoms with Gasteiger partial charge in [-0.25, -0.2) is 9.78 Å². The molecule has 0 aliphatic carbocycles. The number of pyridine rings is 1. The van der Waals surface area contributed by atoms with Crippen LogP contribution in [0.15, 0.2) is 24.5 Å². The van der Waals surface area contributed by atoms with Gasteiger partial charge in [-0.3, -0.25) is 4.68 Å². The molecule has 12 nitrogen and oxygen atoms in total. The number of hydrogen-bond donors (Lipinski definition) is 3. The molecule has 0 aromatic carbocycles. The van der Waals surface area contributed by atoms with Crippen molar-refractivity contribution in [2.24, 2.45) is 0 Å². The van der Waals surface area contributed by atoms with Crippen LogP contribution < -0.4 is 25.8 Å². The summed E-state index contributed by atoms with van der Waals surface area (Å²) in [6.45, 7) is 8.82. The van der Waals surface area contributed by atoms with Crippen LogP contribution in [0.1, 0.15) is 45.6 Å². The molecule has 0 spiro atoms. The number of carbonyl (C=O) groups excluding carboxylic acids is 1. The highest BCUT2D eigenvalue weighted by Gasteiger charge is 2.24. The number of rotatable bonds is 9. The first-order chi connectivity index (χ1) is 18.5. The number of fused-ring (bicyclic) bond motifs is 1. The minimum Gasteiger partial charge on any atom is -0.383 e. The van der Waals surface area contributed by atoms with Gasteiger partial charge in [-0.2, -0.15) is 15.1 Å². The molecule has 3 aromatic rings. The van der Waals surface area contributed by atoms with E-state index in [1.807, 2.05) is 23.1 Å². The van der Waals surface area contributed by atoms with Crippen LogP contribution in [0.25, 0.3) is 10.9 Å². The average Bonchev–Trinajstić information content (AvgIpc) is 3.60. The molecule has 0 unspecified atom stereocenters. The molecule has 2 fully saturated rings. The molecular formula is C26H38N10O2. The second kappa shape index (κ2) is 11.8. The molecule has 2 saturated heterocycles. The van der Waals surface area contributed by atoms with Crippen LogP contribution in [0.4, 0.5) is 28.2 Å².